The summed E-state index contributed by atoms with van der Waals surface area (Å²) in [6, 6.07) is 8.03. The summed E-state index contributed by atoms with van der Waals surface area (Å²) in [5.74, 6) is -2.69. The highest BCUT2D eigenvalue weighted by Crippen LogP contribution is 2.25. The molecule has 3 aromatic rings. The summed E-state index contributed by atoms with van der Waals surface area (Å²) in [4.78, 5) is 27.3. The van der Waals surface area contributed by atoms with Gasteiger partial charge in [0.1, 0.15) is 11.6 Å². The first kappa shape index (κ1) is 19.9. The number of benzene rings is 2. The molecule has 1 aromatic heterocycles. The Morgan fingerprint density at radius 1 is 1.18 bits per heavy atom. The van der Waals surface area contributed by atoms with E-state index in [1.54, 1.807) is 20.1 Å². The minimum Gasteiger partial charge on any atom is -0.383 e. The molecule has 28 heavy (non-hydrogen) atoms. The van der Waals surface area contributed by atoms with E-state index in [0.29, 0.717) is 24.1 Å². The van der Waals surface area contributed by atoms with Crippen LogP contribution in [0.5, 0.6) is 0 Å². The average Bonchev–Trinajstić information content (AvgIpc) is 2.67. The van der Waals surface area contributed by atoms with E-state index in [-0.39, 0.29) is 22.6 Å². The summed E-state index contributed by atoms with van der Waals surface area (Å²) in [7, 11) is 1.56. The number of carbonyl (C=O) groups excluding carboxylic acids is 1. The Balaban J connectivity index is 2.00. The smallest absolute Gasteiger partial charge is 0.255 e. The molecule has 5 nitrogen and oxygen atoms in total. The average molecular weight is 386 g/mol. The van der Waals surface area contributed by atoms with Crippen molar-refractivity contribution in [1.29, 1.82) is 0 Å². The number of nitrogens with one attached hydrogen (secondary N) is 2. The van der Waals surface area contributed by atoms with Crippen molar-refractivity contribution >= 4 is 16.6 Å². The molecule has 3 rings (SSSR count). The van der Waals surface area contributed by atoms with E-state index in [4.69, 9.17) is 4.74 Å². The summed E-state index contributed by atoms with van der Waals surface area (Å²) in [6.07, 6.45) is 1.39. The third kappa shape index (κ3) is 3.85. The Labute approximate surface area is 160 Å². The molecule has 0 spiro atoms. The summed E-state index contributed by atoms with van der Waals surface area (Å²) < 4.78 is 34.3. The van der Waals surface area contributed by atoms with E-state index in [1.807, 2.05) is 0 Å². The number of aromatic nitrogens is 1. The Hall–Kier alpha value is -2.90. The predicted molar refractivity (Wildman–Crippen MR) is 103 cm³/mol. The summed E-state index contributed by atoms with van der Waals surface area (Å²) in [5, 5.41) is 3.70. The molecule has 1 heterocycles. The monoisotopic (exact) mass is 386 g/mol. The summed E-state index contributed by atoms with van der Waals surface area (Å²) >= 11 is 0. The third-order valence-corrected chi connectivity index (χ3v) is 4.61. The van der Waals surface area contributed by atoms with Crippen LogP contribution < -0.4 is 10.9 Å². The number of ether oxygens (including phenoxy) is 1. The number of fused-ring (bicyclic) bond motifs is 1. The molecule has 0 bridgehead atoms. The molecule has 0 aliphatic rings. The SMILES string of the molecule is COCCN[C@H](C)c1cc(F)c(C(=O)c2cccc3c(=O)[nH]ccc23)c(F)c1. The maximum Gasteiger partial charge on any atom is 0.255 e. The van der Waals surface area contributed by atoms with Crippen molar-refractivity contribution in [2.75, 3.05) is 20.3 Å². The number of hydrogen-bond donors (Lipinski definition) is 2. The molecule has 146 valence electrons. The van der Waals surface area contributed by atoms with Crippen LogP contribution in [0, 0.1) is 11.6 Å². The zero-order valence-corrected chi connectivity index (χ0v) is 15.5. The van der Waals surface area contributed by atoms with Gasteiger partial charge in [0.2, 0.25) is 0 Å². The van der Waals surface area contributed by atoms with Gasteiger partial charge in [-0.2, -0.15) is 0 Å². The van der Waals surface area contributed by atoms with E-state index in [0.717, 1.165) is 12.1 Å². The van der Waals surface area contributed by atoms with Crippen molar-refractivity contribution in [3.05, 3.63) is 81.3 Å². The quantitative estimate of drug-likeness (QED) is 0.483. The van der Waals surface area contributed by atoms with Gasteiger partial charge in [-0.3, -0.25) is 9.59 Å². The van der Waals surface area contributed by atoms with Crippen LogP contribution in [-0.2, 0) is 4.74 Å². The number of carbonyl (C=O) groups is 1. The second-order valence-corrected chi connectivity index (χ2v) is 6.43. The number of methoxy groups -OCH3 is 1. The molecule has 0 aliphatic heterocycles. The molecule has 0 fully saturated rings. The van der Waals surface area contributed by atoms with Crippen LogP contribution in [0.1, 0.15) is 34.5 Å². The van der Waals surface area contributed by atoms with Crippen molar-refractivity contribution in [3.8, 4) is 0 Å². The van der Waals surface area contributed by atoms with Crippen molar-refractivity contribution in [3.63, 3.8) is 0 Å². The topological polar surface area (TPSA) is 71.2 Å². The Kier molecular flexibility index (Phi) is 5.96. The molecule has 2 N–H and O–H groups in total. The number of halogens is 2. The zero-order valence-electron chi connectivity index (χ0n) is 15.5. The highest BCUT2D eigenvalue weighted by molar-refractivity contribution is 6.16. The fourth-order valence-electron chi connectivity index (χ4n) is 3.11. The number of aromatic amines is 1. The molecule has 0 amide bonds. The van der Waals surface area contributed by atoms with Crippen LogP contribution in [0.4, 0.5) is 8.78 Å². The Morgan fingerprint density at radius 2 is 1.89 bits per heavy atom. The second kappa shape index (κ2) is 8.41. The predicted octanol–water partition coefficient (Wildman–Crippen LogP) is 3.33. The maximum atomic E-state index is 14.7. The summed E-state index contributed by atoms with van der Waals surface area (Å²) in [6.45, 7) is 2.75. The van der Waals surface area contributed by atoms with Crippen LogP contribution in [0.3, 0.4) is 0 Å². The molecule has 7 heteroatoms. The van der Waals surface area contributed by atoms with Crippen molar-refractivity contribution in [2.45, 2.75) is 13.0 Å². The molecular weight excluding hydrogens is 366 g/mol. The normalized spacial score (nSPS) is 12.3. The van der Waals surface area contributed by atoms with Crippen LogP contribution in [0.2, 0.25) is 0 Å². The van der Waals surface area contributed by atoms with Crippen molar-refractivity contribution in [2.24, 2.45) is 0 Å². The van der Waals surface area contributed by atoms with E-state index < -0.39 is 23.0 Å². The fourth-order valence-corrected chi connectivity index (χ4v) is 3.11. The maximum absolute atomic E-state index is 14.7. The number of ketones is 1. The standard InChI is InChI=1S/C21H20F2N2O3/c1-12(24-8-9-28-2)13-10-17(22)19(18(23)11-13)20(26)15-4-3-5-16-14(15)6-7-25-21(16)27/h3-7,10-12,24H,8-9H2,1-2H3,(H,25,27)/t12-/m1/s1. The lowest BCUT2D eigenvalue weighted by atomic mass is 9.95. The fraction of sp³-hybridized carbons (Fsp3) is 0.238. The van der Waals surface area contributed by atoms with Gasteiger partial charge in [-0.25, -0.2) is 8.78 Å². The molecule has 0 saturated carbocycles. The summed E-state index contributed by atoms with van der Waals surface area (Å²) in [5.41, 5.74) is -0.558. The van der Waals surface area contributed by atoms with Gasteiger partial charge in [0.15, 0.2) is 5.78 Å². The first-order chi connectivity index (χ1) is 13.4. The van der Waals surface area contributed by atoms with Crippen molar-refractivity contribution in [1.82, 2.24) is 10.3 Å². The van der Waals surface area contributed by atoms with Crippen LogP contribution >= 0.6 is 0 Å². The minimum atomic E-state index is -0.942. The van der Waals surface area contributed by atoms with Crippen LogP contribution in [-0.4, -0.2) is 31.0 Å². The third-order valence-electron chi connectivity index (χ3n) is 4.61. The van der Waals surface area contributed by atoms with Gasteiger partial charge in [-0.05, 0) is 42.1 Å². The van der Waals surface area contributed by atoms with Crippen LogP contribution in [0.15, 0.2) is 47.4 Å². The first-order valence-electron chi connectivity index (χ1n) is 8.80. The number of rotatable bonds is 7. The van der Waals surface area contributed by atoms with Crippen LogP contribution in [0.25, 0.3) is 10.8 Å². The van der Waals surface area contributed by atoms with Gasteiger partial charge in [0.05, 0.1) is 12.2 Å². The van der Waals surface area contributed by atoms with E-state index >= 15 is 0 Å². The Bertz CT molecular complexity index is 1060. The second-order valence-electron chi connectivity index (χ2n) is 6.43. The zero-order chi connectivity index (χ0) is 20.3. The molecule has 0 unspecified atom stereocenters. The van der Waals surface area contributed by atoms with Gasteiger partial charge in [-0.15, -0.1) is 0 Å². The molecule has 0 saturated heterocycles. The van der Waals surface area contributed by atoms with Crippen molar-refractivity contribution < 1.29 is 18.3 Å². The number of hydrogen-bond acceptors (Lipinski definition) is 4. The molecule has 0 radical (unpaired) electrons. The van der Waals surface area contributed by atoms with E-state index in [2.05, 4.69) is 10.3 Å². The van der Waals surface area contributed by atoms with Gasteiger partial charge in [0.25, 0.3) is 5.56 Å². The highest BCUT2D eigenvalue weighted by atomic mass is 19.1. The van der Waals surface area contributed by atoms with Gasteiger partial charge >= 0.3 is 0 Å². The molecule has 0 aliphatic carbocycles. The lowest BCUT2D eigenvalue weighted by Gasteiger charge is -2.16. The van der Waals surface area contributed by atoms with Gasteiger partial charge in [-0.1, -0.05) is 12.1 Å². The lowest BCUT2D eigenvalue weighted by Crippen LogP contribution is -2.23. The van der Waals surface area contributed by atoms with E-state index in [1.165, 1.54) is 24.4 Å². The molecule has 2 aromatic carbocycles. The minimum absolute atomic E-state index is 0.0698. The van der Waals surface area contributed by atoms with Gasteiger partial charge in [0, 0.05) is 36.8 Å². The molecule has 1 atom stereocenters. The molecular formula is C21H20F2N2O3. The Morgan fingerprint density at radius 3 is 2.57 bits per heavy atom. The van der Waals surface area contributed by atoms with E-state index in [9.17, 15) is 18.4 Å². The highest BCUT2D eigenvalue weighted by Gasteiger charge is 2.23. The number of H-pyrrole nitrogens is 1. The largest absolute Gasteiger partial charge is 0.383 e. The lowest BCUT2D eigenvalue weighted by molar-refractivity contribution is 0.103. The van der Waals surface area contributed by atoms with Gasteiger partial charge < -0.3 is 15.0 Å². The first-order valence-corrected chi connectivity index (χ1v) is 8.80. The number of pyridine rings is 1.